The molecule has 2 aromatic carbocycles. The average Bonchev–Trinajstić information content (AvgIpc) is 3.54. The molecule has 9 nitrogen and oxygen atoms in total. The molecule has 11 heteroatoms. The highest BCUT2D eigenvalue weighted by Crippen LogP contribution is 2.46. The van der Waals surface area contributed by atoms with Crippen LogP contribution in [0.1, 0.15) is 51.6 Å². The lowest BCUT2D eigenvalue weighted by Crippen LogP contribution is -2.46. The maximum atomic E-state index is 14.3. The van der Waals surface area contributed by atoms with Gasteiger partial charge in [-0.15, -0.1) is 0 Å². The number of para-hydroxylation sites is 1. The Morgan fingerprint density at radius 1 is 1.12 bits per heavy atom. The van der Waals surface area contributed by atoms with E-state index in [1.807, 2.05) is 6.07 Å². The molecule has 2 aliphatic heterocycles. The first-order valence-electron chi connectivity index (χ1n) is 13.1. The number of hydrogen-bond acceptors (Lipinski definition) is 7. The molecule has 1 N–H and O–H groups in total. The molecule has 6 rings (SSSR count). The van der Waals surface area contributed by atoms with Crippen LogP contribution in [0, 0.1) is 18.6 Å². The van der Waals surface area contributed by atoms with Gasteiger partial charge in [0.15, 0.2) is 17.2 Å². The van der Waals surface area contributed by atoms with Gasteiger partial charge in [0, 0.05) is 36.0 Å². The molecule has 0 atom stereocenters. The second kappa shape index (κ2) is 9.89. The summed E-state index contributed by atoms with van der Waals surface area (Å²) in [6.45, 7) is 4.86. The normalized spacial score (nSPS) is 15.7. The van der Waals surface area contributed by atoms with Crippen molar-refractivity contribution in [1.82, 2.24) is 19.5 Å². The third-order valence-corrected chi connectivity index (χ3v) is 7.73. The van der Waals surface area contributed by atoms with Gasteiger partial charge < -0.3 is 19.7 Å². The van der Waals surface area contributed by atoms with Gasteiger partial charge in [-0.2, -0.15) is 9.61 Å². The number of benzene rings is 2. The van der Waals surface area contributed by atoms with Gasteiger partial charge in [-0.1, -0.05) is 12.1 Å². The van der Waals surface area contributed by atoms with E-state index in [2.05, 4.69) is 15.4 Å². The lowest BCUT2D eigenvalue weighted by atomic mass is 9.74. The van der Waals surface area contributed by atoms with E-state index in [0.29, 0.717) is 49.5 Å². The van der Waals surface area contributed by atoms with Crippen LogP contribution in [0.5, 0.6) is 5.75 Å². The van der Waals surface area contributed by atoms with Crippen LogP contribution in [-0.2, 0) is 10.2 Å². The zero-order valence-electron chi connectivity index (χ0n) is 22.0. The van der Waals surface area contributed by atoms with Crippen molar-refractivity contribution < 1.29 is 27.8 Å². The van der Waals surface area contributed by atoms with E-state index in [1.165, 1.54) is 35.1 Å². The largest absolute Gasteiger partial charge is 0.489 e. The zero-order valence-corrected chi connectivity index (χ0v) is 22.0. The number of rotatable bonds is 5. The number of aromatic nitrogens is 3. The highest BCUT2D eigenvalue weighted by Gasteiger charge is 2.45. The van der Waals surface area contributed by atoms with Crippen LogP contribution < -0.4 is 10.1 Å². The minimum absolute atomic E-state index is 0.159. The Morgan fingerprint density at radius 2 is 1.93 bits per heavy atom. The summed E-state index contributed by atoms with van der Waals surface area (Å²) < 4.78 is 40.3. The van der Waals surface area contributed by atoms with Gasteiger partial charge in [0.05, 0.1) is 19.4 Å². The first kappa shape index (κ1) is 25.7. The van der Waals surface area contributed by atoms with Crippen LogP contribution in [0.3, 0.4) is 0 Å². The number of halogens is 2. The molecule has 0 aliphatic carbocycles. The summed E-state index contributed by atoms with van der Waals surface area (Å²) in [5.41, 5.74) is 2.30. The first-order chi connectivity index (χ1) is 19.3. The van der Waals surface area contributed by atoms with Crippen LogP contribution in [-0.4, -0.2) is 57.7 Å². The molecule has 2 aliphatic rings. The Balaban J connectivity index is 1.34. The van der Waals surface area contributed by atoms with E-state index in [9.17, 15) is 18.4 Å². The number of nitrogens with one attached hydrogen (secondary N) is 1. The lowest BCUT2D eigenvalue weighted by Gasteiger charge is -2.38. The van der Waals surface area contributed by atoms with Crippen molar-refractivity contribution in [2.45, 2.75) is 32.1 Å². The van der Waals surface area contributed by atoms with Crippen molar-refractivity contribution in [2.75, 3.05) is 31.6 Å². The van der Waals surface area contributed by atoms with E-state index >= 15 is 0 Å². The Labute approximate surface area is 228 Å². The second-order valence-electron chi connectivity index (χ2n) is 10.1. The Hall–Kier alpha value is -4.54. The first-order valence-corrected chi connectivity index (χ1v) is 13.1. The maximum Gasteiger partial charge on any atom is 0.343 e. The molecular weight excluding hydrogens is 520 g/mol. The molecule has 206 valence electrons. The van der Waals surface area contributed by atoms with Crippen molar-refractivity contribution >= 4 is 29.0 Å². The van der Waals surface area contributed by atoms with Crippen LogP contribution in [0.15, 0.2) is 48.8 Å². The molecule has 1 amide bonds. The Bertz CT molecular complexity index is 1650. The summed E-state index contributed by atoms with van der Waals surface area (Å²) in [5.74, 6) is -1.03. The summed E-state index contributed by atoms with van der Waals surface area (Å²) >= 11 is 0. The van der Waals surface area contributed by atoms with E-state index in [-0.39, 0.29) is 52.2 Å². The van der Waals surface area contributed by atoms with Crippen molar-refractivity contribution in [3.63, 3.8) is 0 Å². The van der Waals surface area contributed by atoms with Crippen LogP contribution in [0.25, 0.3) is 5.65 Å². The predicted octanol–water partition coefficient (Wildman–Crippen LogP) is 4.80. The van der Waals surface area contributed by atoms with Gasteiger partial charge in [0.25, 0.3) is 5.91 Å². The molecule has 1 spiro atoms. The minimum Gasteiger partial charge on any atom is -0.489 e. The molecule has 40 heavy (non-hydrogen) atoms. The average molecular weight is 548 g/mol. The van der Waals surface area contributed by atoms with Crippen molar-refractivity contribution in [3.05, 3.63) is 82.7 Å². The van der Waals surface area contributed by atoms with E-state index in [4.69, 9.17) is 9.47 Å². The number of hydrogen-bond donors (Lipinski definition) is 1. The number of aryl methyl sites for hydroxylation is 1. The number of carbonyl (C=O) groups is 2. The van der Waals surface area contributed by atoms with Crippen LogP contribution in [0.2, 0.25) is 0 Å². The number of ether oxygens (including phenoxy) is 2. The second-order valence-corrected chi connectivity index (χ2v) is 10.1. The van der Waals surface area contributed by atoms with Gasteiger partial charge >= 0.3 is 5.97 Å². The third-order valence-electron chi connectivity index (χ3n) is 7.73. The molecule has 4 aromatic rings. The molecule has 2 aromatic heterocycles. The fourth-order valence-electron chi connectivity index (χ4n) is 5.54. The Kier molecular flexibility index (Phi) is 6.36. The molecule has 4 heterocycles. The summed E-state index contributed by atoms with van der Waals surface area (Å²) in [7, 11) is 0. The molecule has 0 saturated carbocycles. The smallest absolute Gasteiger partial charge is 0.343 e. The van der Waals surface area contributed by atoms with Crippen molar-refractivity contribution in [1.29, 1.82) is 0 Å². The summed E-state index contributed by atoms with van der Waals surface area (Å²) in [4.78, 5) is 32.5. The number of nitrogens with zero attached hydrogens (tertiary/aromatic N) is 4. The van der Waals surface area contributed by atoms with Gasteiger partial charge in [0.1, 0.15) is 22.8 Å². The molecular formula is C29H27F2N5O4. The van der Waals surface area contributed by atoms with Gasteiger partial charge in [-0.25, -0.2) is 18.6 Å². The monoisotopic (exact) mass is 547 g/mol. The number of fused-ring (bicyclic) bond motifs is 3. The van der Waals surface area contributed by atoms with Gasteiger partial charge in [0.2, 0.25) is 0 Å². The lowest BCUT2D eigenvalue weighted by molar-refractivity contribution is 0.0528. The zero-order chi connectivity index (χ0) is 28.0. The number of likely N-dealkylation sites (tertiary alicyclic amines) is 1. The number of piperidine rings is 1. The van der Waals surface area contributed by atoms with E-state index in [1.54, 1.807) is 30.9 Å². The maximum absolute atomic E-state index is 14.3. The number of esters is 1. The quantitative estimate of drug-likeness (QED) is 0.359. The van der Waals surface area contributed by atoms with Crippen LogP contribution in [0.4, 0.5) is 20.3 Å². The van der Waals surface area contributed by atoms with Gasteiger partial charge in [-0.05, 0) is 56.5 Å². The predicted molar refractivity (Wildman–Crippen MR) is 142 cm³/mol. The highest BCUT2D eigenvalue weighted by molar-refractivity contribution is 6.01. The molecule has 0 bridgehead atoms. The van der Waals surface area contributed by atoms with E-state index in [0.717, 1.165) is 5.56 Å². The number of amides is 1. The summed E-state index contributed by atoms with van der Waals surface area (Å²) in [5, 5.41) is 7.55. The highest BCUT2D eigenvalue weighted by atomic mass is 19.1. The fraction of sp³-hybridized carbons (Fsp3) is 0.310. The number of carbonyl (C=O) groups excluding carboxylic acids is 2. The van der Waals surface area contributed by atoms with Gasteiger partial charge in [-0.3, -0.25) is 4.79 Å². The van der Waals surface area contributed by atoms with E-state index < -0.39 is 5.97 Å². The Morgan fingerprint density at radius 3 is 2.67 bits per heavy atom. The molecule has 0 unspecified atom stereocenters. The molecule has 1 fully saturated rings. The SMILES string of the molecule is CCOC(=O)c1cnn2c(Nc3ccc(F)cc3C)c(C(=O)N3CCC4(CC3)COc3c(F)cccc34)cnc12. The van der Waals surface area contributed by atoms with Crippen molar-refractivity contribution in [2.24, 2.45) is 0 Å². The fourth-order valence-corrected chi connectivity index (χ4v) is 5.54. The summed E-state index contributed by atoms with van der Waals surface area (Å²) in [6.07, 6.45) is 3.98. The summed E-state index contributed by atoms with van der Waals surface area (Å²) in [6, 6.07) is 9.24. The third kappa shape index (κ3) is 4.21. The topological polar surface area (TPSA) is 98.1 Å². The van der Waals surface area contributed by atoms with Crippen LogP contribution >= 0.6 is 0 Å². The minimum atomic E-state index is -0.579. The standard InChI is InChI=1S/C29H27F2N5O4/c1-3-39-28(38)20-15-33-36-25(20)32-14-19(26(36)34-23-8-7-18(30)13-17(23)2)27(37)35-11-9-29(10-12-35)16-40-24-21(29)5-4-6-22(24)31/h4-8,13-15,34H,3,9-12,16H2,1-2H3. The van der Waals surface area contributed by atoms with Crippen molar-refractivity contribution in [3.8, 4) is 5.75 Å². The molecule has 0 radical (unpaired) electrons. The number of anilines is 2. The molecule has 1 saturated heterocycles.